The van der Waals surface area contributed by atoms with E-state index in [1.54, 1.807) is 24.3 Å². The molecule has 3 rings (SSSR count). The van der Waals surface area contributed by atoms with Crippen molar-refractivity contribution in [2.75, 3.05) is 50.0 Å². The van der Waals surface area contributed by atoms with Crippen molar-refractivity contribution in [2.24, 2.45) is 0 Å². The Morgan fingerprint density at radius 1 is 1.07 bits per heavy atom. The fraction of sp³-hybridized carbons (Fsp3) is 0.381. The summed E-state index contributed by atoms with van der Waals surface area (Å²) < 4.78 is 26.7. The third-order valence-electron chi connectivity index (χ3n) is 5.17. The predicted molar refractivity (Wildman–Crippen MR) is 117 cm³/mol. The second-order valence-electron chi connectivity index (χ2n) is 7.28. The Kier molecular flexibility index (Phi) is 6.44. The highest BCUT2D eigenvalue weighted by Gasteiger charge is 2.21. The lowest BCUT2D eigenvalue weighted by molar-refractivity contribution is 0.0953. The zero-order valence-corrected chi connectivity index (χ0v) is 17.9. The first kappa shape index (κ1) is 21.1. The van der Waals surface area contributed by atoms with E-state index in [1.807, 2.05) is 0 Å². The Labute approximate surface area is 173 Å². The highest BCUT2D eigenvalue weighted by Crippen LogP contribution is 2.27. The fourth-order valence-corrected chi connectivity index (χ4v) is 4.29. The van der Waals surface area contributed by atoms with Crippen LogP contribution in [0.25, 0.3) is 0 Å². The summed E-state index contributed by atoms with van der Waals surface area (Å²) in [5, 5.41) is 2.94. The zero-order chi connectivity index (χ0) is 21.0. The first-order chi connectivity index (χ1) is 13.8. The van der Waals surface area contributed by atoms with Crippen LogP contribution in [-0.2, 0) is 16.6 Å². The molecule has 0 radical (unpaired) electrons. The van der Waals surface area contributed by atoms with E-state index in [0.29, 0.717) is 17.8 Å². The number of nitrogens with one attached hydrogen (secondary N) is 1. The van der Waals surface area contributed by atoms with Gasteiger partial charge in [0.2, 0.25) is 0 Å². The molecule has 0 fully saturated rings. The molecule has 0 spiro atoms. The molecule has 8 heteroatoms. The van der Waals surface area contributed by atoms with Gasteiger partial charge in [-0.2, -0.15) is 12.7 Å². The third kappa shape index (κ3) is 4.71. The molecule has 0 unspecified atom stereocenters. The maximum Gasteiger partial charge on any atom is 0.303 e. The summed E-state index contributed by atoms with van der Waals surface area (Å²) in [5.74, 6) is -0.156. The number of amides is 1. The molecule has 0 bridgehead atoms. The first-order valence-corrected chi connectivity index (χ1v) is 11.1. The summed E-state index contributed by atoms with van der Waals surface area (Å²) >= 11 is 0. The molecule has 1 heterocycles. The van der Waals surface area contributed by atoms with Crippen molar-refractivity contribution >= 4 is 27.5 Å². The minimum atomic E-state index is -3.55. The summed E-state index contributed by atoms with van der Waals surface area (Å²) in [6, 6.07) is 15.0. The van der Waals surface area contributed by atoms with Gasteiger partial charge in [0.1, 0.15) is 0 Å². The van der Waals surface area contributed by atoms with Gasteiger partial charge < -0.3 is 10.2 Å². The van der Waals surface area contributed by atoms with E-state index in [-0.39, 0.29) is 5.91 Å². The van der Waals surface area contributed by atoms with Gasteiger partial charge in [-0.25, -0.2) is 0 Å². The average Bonchev–Trinajstić information content (AvgIpc) is 3.13. The number of nitrogens with zero attached hydrogens (tertiary/aromatic N) is 3. The molecule has 7 nitrogen and oxygen atoms in total. The van der Waals surface area contributed by atoms with E-state index in [4.69, 9.17) is 0 Å². The molecule has 29 heavy (non-hydrogen) atoms. The van der Waals surface area contributed by atoms with Gasteiger partial charge in [0.25, 0.3) is 5.91 Å². The number of hydrogen-bond acceptors (Lipinski definition) is 4. The summed E-state index contributed by atoms with van der Waals surface area (Å²) in [4.78, 5) is 14.7. The fourth-order valence-electron chi connectivity index (χ4n) is 3.41. The van der Waals surface area contributed by atoms with Gasteiger partial charge in [0.05, 0.1) is 5.69 Å². The number of carbonyl (C=O) groups is 1. The molecule has 1 amide bonds. The van der Waals surface area contributed by atoms with Crippen LogP contribution in [0.4, 0.5) is 11.4 Å². The van der Waals surface area contributed by atoms with Crippen LogP contribution in [0.15, 0.2) is 48.5 Å². The first-order valence-electron chi connectivity index (χ1n) is 9.68. The average molecular weight is 417 g/mol. The molecule has 0 atom stereocenters. The molecular weight excluding hydrogens is 388 g/mol. The van der Waals surface area contributed by atoms with Crippen LogP contribution in [0.5, 0.6) is 0 Å². The van der Waals surface area contributed by atoms with E-state index in [1.165, 1.54) is 36.7 Å². The van der Waals surface area contributed by atoms with Crippen LogP contribution in [0.3, 0.4) is 0 Å². The van der Waals surface area contributed by atoms with E-state index >= 15 is 0 Å². The van der Waals surface area contributed by atoms with Crippen LogP contribution in [0, 0.1) is 0 Å². The minimum absolute atomic E-state index is 0.156. The molecule has 0 aliphatic carbocycles. The van der Waals surface area contributed by atoms with Gasteiger partial charge in [0.15, 0.2) is 0 Å². The van der Waals surface area contributed by atoms with Gasteiger partial charge in [-0.05, 0) is 48.7 Å². The number of fused-ring (bicyclic) bond motifs is 1. The third-order valence-corrected chi connectivity index (χ3v) is 7.00. The lowest BCUT2D eigenvalue weighted by Crippen LogP contribution is -2.37. The molecule has 1 N–H and O–H groups in total. The Balaban J connectivity index is 1.49. The molecular formula is C21H28N4O3S. The molecule has 0 aromatic heterocycles. The Morgan fingerprint density at radius 2 is 1.76 bits per heavy atom. The number of carbonyl (C=O) groups excluding carboxylic acids is 1. The van der Waals surface area contributed by atoms with Gasteiger partial charge in [-0.3, -0.25) is 9.10 Å². The number of para-hydroxylation sites is 1. The number of anilines is 2. The smallest absolute Gasteiger partial charge is 0.303 e. The van der Waals surface area contributed by atoms with Crippen LogP contribution in [0.2, 0.25) is 0 Å². The predicted octanol–water partition coefficient (Wildman–Crippen LogP) is 2.11. The normalized spacial score (nSPS) is 13.4. The zero-order valence-electron chi connectivity index (χ0n) is 17.1. The van der Waals surface area contributed by atoms with Crippen molar-refractivity contribution in [1.82, 2.24) is 9.62 Å². The van der Waals surface area contributed by atoms with Gasteiger partial charge in [-0.15, -0.1) is 0 Å². The monoisotopic (exact) mass is 416 g/mol. The molecule has 2 aromatic carbocycles. The largest absolute Gasteiger partial charge is 0.371 e. The van der Waals surface area contributed by atoms with Crippen LogP contribution in [0.1, 0.15) is 22.3 Å². The van der Waals surface area contributed by atoms with Crippen molar-refractivity contribution in [3.8, 4) is 0 Å². The Hall–Kier alpha value is -2.58. The maximum atomic E-state index is 12.4. The summed E-state index contributed by atoms with van der Waals surface area (Å²) in [5.41, 5.74) is 3.70. The molecule has 0 saturated carbocycles. The van der Waals surface area contributed by atoms with Crippen LogP contribution < -0.4 is 14.5 Å². The second kappa shape index (κ2) is 8.84. The maximum absolute atomic E-state index is 12.4. The SMILES string of the molecule is CN(C)S(=O)(=O)N(C)c1ccc(C(=O)NCCCN2CCc3ccccc32)cc1. The molecule has 156 valence electrons. The molecule has 1 aliphatic rings. The second-order valence-corrected chi connectivity index (χ2v) is 9.45. The summed E-state index contributed by atoms with van der Waals surface area (Å²) in [6.07, 6.45) is 1.94. The number of hydrogen-bond donors (Lipinski definition) is 1. The van der Waals surface area contributed by atoms with E-state index in [9.17, 15) is 13.2 Å². The Morgan fingerprint density at radius 3 is 2.45 bits per heavy atom. The van der Waals surface area contributed by atoms with Crippen molar-refractivity contribution in [3.05, 3.63) is 59.7 Å². The Bertz CT molecular complexity index is 958. The van der Waals surface area contributed by atoms with Crippen molar-refractivity contribution in [3.63, 3.8) is 0 Å². The van der Waals surface area contributed by atoms with E-state index in [0.717, 1.165) is 30.2 Å². The summed E-state index contributed by atoms with van der Waals surface area (Å²) in [6.45, 7) is 2.52. The quantitative estimate of drug-likeness (QED) is 0.669. The lowest BCUT2D eigenvalue weighted by Gasteiger charge is -2.23. The summed E-state index contributed by atoms with van der Waals surface area (Å²) in [7, 11) is 0.900. The van der Waals surface area contributed by atoms with Gasteiger partial charge in [-0.1, -0.05) is 18.2 Å². The van der Waals surface area contributed by atoms with Crippen LogP contribution >= 0.6 is 0 Å². The highest BCUT2D eigenvalue weighted by atomic mass is 32.2. The molecule has 0 saturated heterocycles. The van der Waals surface area contributed by atoms with Crippen molar-refractivity contribution in [2.45, 2.75) is 12.8 Å². The lowest BCUT2D eigenvalue weighted by atomic mass is 10.2. The molecule has 1 aliphatic heterocycles. The van der Waals surface area contributed by atoms with Crippen molar-refractivity contribution in [1.29, 1.82) is 0 Å². The van der Waals surface area contributed by atoms with Crippen LogP contribution in [-0.4, -0.2) is 59.4 Å². The standard InChI is InChI=1S/C21H28N4O3S/c1-23(2)29(27,28)24(3)19-11-9-18(10-12-19)21(26)22-14-6-15-25-16-13-17-7-4-5-8-20(17)25/h4-5,7-12H,6,13-16H2,1-3H3,(H,22,26). The molecule has 2 aromatic rings. The minimum Gasteiger partial charge on any atom is -0.371 e. The number of rotatable bonds is 8. The van der Waals surface area contributed by atoms with E-state index in [2.05, 4.69) is 34.5 Å². The highest BCUT2D eigenvalue weighted by molar-refractivity contribution is 7.90. The van der Waals surface area contributed by atoms with E-state index < -0.39 is 10.2 Å². The van der Waals surface area contributed by atoms with Crippen molar-refractivity contribution < 1.29 is 13.2 Å². The van der Waals surface area contributed by atoms with Gasteiger partial charge in [0, 0.05) is 52.0 Å². The van der Waals surface area contributed by atoms with Gasteiger partial charge >= 0.3 is 10.2 Å². The number of benzene rings is 2. The topological polar surface area (TPSA) is 73.0 Å².